The minimum absolute atomic E-state index is 0.145. The highest BCUT2D eigenvalue weighted by atomic mass is 16.7. The van der Waals surface area contributed by atoms with Crippen molar-refractivity contribution >= 4 is 29.6 Å². The summed E-state index contributed by atoms with van der Waals surface area (Å²) in [4.78, 5) is 36.1. The number of fused-ring (bicyclic) bond motifs is 1. The van der Waals surface area contributed by atoms with E-state index in [0.29, 0.717) is 35.1 Å². The Hall–Kier alpha value is -5.06. The van der Waals surface area contributed by atoms with Crippen LogP contribution in [0.4, 0.5) is 5.69 Å². The van der Waals surface area contributed by atoms with Crippen LogP contribution < -0.4 is 35.0 Å². The van der Waals surface area contributed by atoms with Crippen LogP contribution in [0.5, 0.6) is 23.0 Å². The van der Waals surface area contributed by atoms with Crippen LogP contribution in [0.15, 0.2) is 71.8 Å². The fourth-order valence-electron chi connectivity index (χ4n) is 3.33. The van der Waals surface area contributed by atoms with Gasteiger partial charge < -0.3 is 29.6 Å². The van der Waals surface area contributed by atoms with Crippen molar-refractivity contribution in [3.05, 3.63) is 77.9 Å². The number of nitrogens with zero attached hydrogens (tertiary/aromatic N) is 1. The molecule has 3 amide bonds. The summed E-state index contributed by atoms with van der Waals surface area (Å²) in [5.74, 6) is 0.403. The molecule has 0 atom stereocenters. The lowest BCUT2D eigenvalue weighted by Crippen LogP contribution is -2.37. The molecular formula is C27H26N4O7. The normalized spacial score (nSPS) is 11.6. The van der Waals surface area contributed by atoms with E-state index in [1.807, 2.05) is 6.92 Å². The number of nitrogens with one attached hydrogen (secondary N) is 3. The van der Waals surface area contributed by atoms with Crippen molar-refractivity contribution in [3.63, 3.8) is 0 Å². The largest absolute Gasteiger partial charge is 0.494 e. The fourth-order valence-corrected chi connectivity index (χ4v) is 3.33. The third-order valence-electron chi connectivity index (χ3n) is 5.18. The van der Waals surface area contributed by atoms with Crippen molar-refractivity contribution < 1.29 is 33.3 Å². The van der Waals surface area contributed by atoms with E-state index >= 15 is 0 Å². The van der Waals surface area contributed by atoms with Gasteiger partial charge in [0.25, 0.3) is 5.91 Å². The molecule has 3 aromatic rings. The van der Waals surface area contributed by atoms with Gasteiger partial charge in [-0.2, -0.15) is 5.10 Å². The Balaban J connectivity index is 1.16. The maximum absolute atomic E-state index is 12.1. The van der Waals surface area contributed by atoms with E-state index in [4.69, 9.17) is 18.9 Å². The van der Waals surface area contributed by atoms with Crippen molar-refractivity contribution in [3.8, 4) is 23.0 Å². The zero-order valence-corrected chi connectivity index (χ0v) is 20.6. The highest BCUT2D eigenvalue weighted by Gasteiger charge is 2.15. The van der Waals surface area contributed by atoms with Gasteiger partial charge in [0.15, 0.2) is 18.1 Å². The molecule has 196 valence electrons. The van der Waals surface area contributed by atoms with Gasteiger partial charge in [-0.3, -0.25) is 14.4 Å². The van der Waals surface area contributed by atoms with E-state index < -0.39 is 11.8 Å². The van der Waals surface area contributed by atoms with Crippen LogP contribution in [-0.2, 0) is 20.9 Å². The summed E-state index contributed by atoms with van der Waals surface area (Å²) < 4.78 is 21.4. The lowest BCUT2D eigenvalue weighted by molar-refractivity contribution is -0.139. The molecule has 1 heterocycles. The van der Waals surface area contributed by atoms with Crippen molar-refractivity contribution in [2.24, 2.45) is 5.10 Å². The van der Waals surface area contributed by atoms with Crippen molar-refractivity contribution in [2.45, 2.75) is 13.5 Å². The summed E-state index contributed by atoms with van der Waals surface area (Å²) in [6, 6.07) is 19.0. The molecule has 11 nitrogen and oxygen atoms in total. The molecule has 0 unspecified atom stereocenters. The number of amides is 3. The van der Waals surface area contributed by atoms with E-state index in [-0.39, 0.29) is 25.9 Å². The van der Waals surface area contributed by atoms with Crippen molar-refractivity contribution in [1.29, 1.82) is 0 Å². The Bertz CT molecular complexity index is 1310. The van der Waals surface area contributed by atoms with Gasteiger partial charge >= 0.3 is 11.8 Å². The van der Waals surface area contributed by atoms with Gasteiger partial charge in [0.2, 0.25) is 6.79 Å². The highest BCUT2D eigenvalue weighted by molar-refractivity contribution is 6.35. The maximum Gasteiger partial charge on any atom is 0.329 e. The second-order valence-electron chi connectivity index (χ2n) is 7.93. The number of hydrazone groups is 1. The zero-order chi connectivity index (χ0) is 26.7. The highest BCUT2D eigenvalue weighted by Crippen LogP contribution is 2.32. The molecule has 0 aromatic heterocycles. The van der Waals surface area contributed by atoms with Crippen LogP contribution in [0.2, 0.25) is 0 Å². The van der Waals surface area contributed by atoms with Crippen LogP contribution >= 0.6 is 0 Å². The molecule has 3 N–H and O–H groups in total. The van der Waals surface area contributed by atoms with Crippen LogP contribution in [0.1, 0.15) is 18.1 Å². The second-order valence-corrected chi connectivity index (χ2v) is 7.93. The number of anilines is 1. The summed E-state index contributed by atoms with van der Waals surface area (Å²) >= 11 is 0. The number of carbonyl (C=O) groups is 3. The van der Waals surface area contributed by atoms with E-state index in [0.717, 1.165) is 11.3 Å². The Morgan fingerprint density at radius 2 is 1.61 bits per heavy atom. The van der Waals surface area contributed by atoms with Crippen LogP contribution in [-0.4, -0.2) is 43.9 Å². The van der Waals surface area contributed by atoms with Gasteiger partial charge in [0.05, 0.1) is 12.8 Å². The van der Waals surface area contributed by atoms with Crippen LogP contribution in [0.25, 0.3) is 0 Å². The van der Waals surface area contributed by atoms with Gasteiger partial charge in [-0.1, -0.05) is 6.07 Å². The molecule has 11 heteroatoms. The monoisotopic (exact) mass is 518 g/mol. The molecule has 1 aliphatic rings. The summed E-state index contributed by atoms with van der Waals surface area (Å²) in [5, 5.41) is 9.06. The summed E-state index contributed by atoms with van der Waals surface area (Å²) in [7, 11) is 0. The minimum atomic E-state index is -0.902. The molecule has 0 spiro atoms. The number of hydrogen-bond acceptors (Lipinski definition) is 8. The number of benzene rings is 3. The van der Waals surface area contributed by atoms with Crippen molar-refractivity contribution in [2.75, 3.05) is 25.3 Å². The van der Waals surface area contributed by atoms with Crippen LogP contribution in [0.3, 0.4) is 0 Å². The zero-order valence-electron chi connectivity index (χ0n) is 20.6. The number of hydrogen-bond donors (Lipinski definition) is 3. The predicted octanol–water partition coefficient (Wildman–Crippen LogP) is 2.60. The van der Waals surface area contributed by atoms with E-state index in [2.05, 4.69) is 21.2 Å². The van der Waals surface area contributed by atoms with E-state index in [1.54, 1.807) is 66.7 Å². The summed E-state index contributed by atoms with van der Waals surface area (Å²) in [5.41, 5.74) is 4.22. The van der Waals surface area contributed by atoms with E-state index in [9.17, 15) is 14.4 Å². The average molecular weight is 519 g/mol. The summed E-state index contributed by atoms with van der Waals surface area (Å²) in [6.07, 6.45) is 1.38. The summed E-state index contributed by atoms with van der Waals surface area (Å²) in [6.45, 7) is 2.60. The van der Waals surface area contributed by atoms with Gasteiger partial charge in [-0.15, -0.1) is 0 Å². The quantitative estimate of drug-likeness (QED) is 0.213. The molecule has 3 aromatic carbocycles. The Labute approximate surface area is 218 Å². The SMILES string of the molecule is CCOc1ccc(NC(=O)COc2ccc(/C=N\NC(=O)C(=O)NCc3ccc4c(c3)OCO4)cc2)cc1. The molecular weight excluding hydrogens is 492 g/mol. The van der Waals surface area contributed by atoms with E-state index in [1.165, 1.54) is 6.21 Å². The smallest absolute Gasteiger partial charge is 0.329 e. The van der Waals surface area contributed by atoms with Gasteiger partial charge in [-0.05, 0) is 78.7 Å². The first-order valence-electron chi connectivity index (χ1n) is 11.8. The molecule has 0 bridgehead atoms. The van der Waals surface area contributed by atoms with Gasteiger partial charge in [-0.25, -0.2) is 5.43 Å². The fraction of sp³-hybridized carbons (Fsp3) is 0.185. The van der Waals surface area contributed by atoms with Crippen molar-refractivity contribution in [1.82, 2.24) is 10.7 Å². The number of carbonyl (C=O) groups excluding carboxylic acids is 3. The molecule has 0 saturated carbocycles. The third-order valence-corrected chi connectivity index (χ3v) is 5.18. The molecule has 38 heavy (non-hydrogen) atoms. The molecule has 0 saturated heterocycles. The topological polar surface area (TPSA) is 137 Å². The Morgan fingerprint density at radius 3 is 2.37 bits per heavy atom. The first-order chi connectivity index (χ1) is 18.5. The third kappa shape index (κ3) is 7.47. The lowest BCUT2D eigenvalue weighted by Gasteiger charge is -2.09. The van der Waals surface area contributed by atoms with Gasteiger partial charge in [0, 0.05) is 12.2 Å². The first kappa shape index (κ1) is 26.0. The lowest BCUT2D eigenvalue weighted by atomic mass is 10.2. The molecule has 0 fully saturated rings. The molecule has 1 aliphatic heterocycles. The van der Waals surface area contributed by atoms with Gasteiger partial charge in [0.1, 0.15) is 11.5 Å². The Kier molecular flexibility index (Phi) is 8.74. The number of ether oxygens (including phenoxy) is 4. The molecule has 0 aliphatic carbocycles. The standard InChI is InChI=1S/C27H26N4O7/c1-2-35-21-10-6-20(7-11-21)30-25(32)16-36-22-8-3-18(4-9-22)15-29-31-27(34)26(33)28-14-19-5-12-23-24(13-19)38-17-37-23/h3-13,15H,2,14,16-17H2,1H3,(H,28,33)(H,30,32)(H,31,34)/b29-15-. The number of rotatable bonds is 10. The first-order valence-corrected chi connectivity index (χ1v) is 11.8. The Morgan fingerprint density at radius 1 is 0.895 bits per heavy atom. The maximum atomic E-state index is 12.1. The molecule has 0 radical (unpaired) electrons. The molecule has 4 rings (SSSR count). The average Bonchev–Trinajstić information content (AvgIpc) is 3.40. The minimum Gasteiger partial charge on any atom is -0.494 e. The second kappa shape index (κ2) is 12.8. The predicted molar refractivity (Wildman–Crippen MR) is 138 cm³/mol. The van der Waals surface area contributed by atoms with Crippen LogP contribution in [0, 0.1) is 0 Å².